The second kappa shape index (κ2) is 9.70. The molecule has 0 saturated carbocycles. The lowest BCUT2D eigenvalue weighted by atomic mass is 9.92. The average molecular weight is 466 g/mol. The average Bonchev–Trinajstić information content (AvgIpc) is 2.78. The summed E-state index contributed by atoms with van der Waals surface area (Å²) in [5.74, 6) is -0.599. The zero-order valence-corrected chi connectivity index (χ0v) is 19.8. The number of benzene rings is 1. The van der Waals surface area contributed by atoms with E-state index in [1.54, 1.807) is 24.3 Å². The van der Waals surface area contributed by atoms with Crippen LogP contribution in [0.25, 0.3) is 5.76 Å². The molecule has 1 aromatic carbocycles. The smallest absolute Gasteiger partial charge is 0.258 e. The minimum absolute atomic E-state index is 0.126. The number of carbonyl (C=O) groups excluding carboxylic acids is 2. The van der Waals surface area contributed by atoms with Gasteiger partial charge in [-0.05, 0) is 64.3 Å². The maximum absolute atomic E-state index is 13.1. The van der Waals surface area contributed by atoms with Crippen LogP contribution in [0.4, 0.5) is 17.5 Å². The van der Waals surface area contributed by atoms with Crippen LogP contribution >= 0.6 is 0 Å². The third-order valence-electron chi connectivity index (χ3n) is 6.49. The van der Waals surface area contributed by atoms with Crippen LogP contribution in [-0.2, 0) is 14.3 Å². The highest BCUT2D eigenvalue weighted by atomic mass is 16.5. The van der Waals surface area contributed by atoms with Crippen molar-refractivity contribution in [2.75, 3.05) is 22.1 Å². The van der Waals surface area contributed by atoms with Crippen molar-refractivity contribution in [2.24, 2.45) is 0 Å². The lowest BCUT2D eigenvalue weighted by Gasteiger charge is -2.39. The molecule has 3 atom stereocenters. The van der Waals surface area contributed by atoms with Crippen LogP contribution in [0.15, 0.2) is 35.6 Å². The number of aromatic nitrogens is 2. The number of nitrogens with one attached hydrogen (secondary N) is 3. The molecule has 9 nitrogen and oxygen atoms in total. The van der Waals surface area contributed by atoms with Crippen LogP contribution in [0.5, 0.6) is 0 Å². The molecule has 3 unspecified atom stereocenters. The first kappa shape index (κ1) is 23.5. The molecule has 2 aromatic rings. The number of carbonyl (C=O) groups is 2. The molecule has 2 aliphatic rings. The van der Waals surface area contributed by atoms with Gasteiger partial charge in [-0.2, -0.15) is 4.98 Å². The van der Waals surface area contributed by atoms with Crippen LogP contribution in [0, 0.1) is 0 Å². The summed E-state index contributed by atoms with van der Waals surface area (Å²) in [6, 6.07) is 7.46. The summed E-state index contributed by atoms with van der Waals surface area (Å²) < 4.78 is 5.40. The highest BCUT2D eigenvalue weighted by Crippen LogP contribution is 2.32. The first-order valence-corrected chi connectivity index (χ1v) is 11.7. The number of anilines is 3. The number of nitrogens with zero attached hydrogens (tertiary/aromatic N) is 2. The highest BCUT2D eigenvalue weighted by molar-refractivity contribution is 6.04. The molecular formula is C25H31N5O4. The van der Waals surface area contributed by atoms with Crippen molar-refractivity contribution in [2.45, 2.75) is 64.5 Å². The number of ether oxygens (including phenoxy) is 1. The van der Waals surface area contributed by atoms with Crippen molar-refractivity contribution < 1.29 is 14.3 Å². The van der Waals surface area contributed by atoms with Crippen molar-refractivity contribution >= 4 is 35.0 Å². The number of fused-ring (bicyclic) bond motifs is 1. The van der Waals surface area contributed by atoms with Gasteiger partial charge in [0.1, 0.15) is 11.6 Å². The van der Waals surface area contributed by atoms with Crippen LogP contribution in [0.3, 0.4) is 0 Å². The Morgan fingerprint density at radius 3 is 2.53 bits per heavy atom. The van der Waals surface area contributed by atoms with E-state index >= 15 is 0 Å². The summed E-state index contributed by atoms with van der Waals surface area (Å²) in [6.45, 7) is 10.5. The van der Waals surface area contributed by atoms with Crippen LogP contribution < -0.4 is 21.1 Å². The van der Waals surface area contributed by atoms with E-state index in [1.165, 1.54) is 0 Å². The molecule has 0 spiro atoms. The van der Waals surface area contributed by atoms with Gasteiger partial charge in [0.15, 0.2) is 0 Å². The Kier molecular flexibility index (Phi) is 6.72. The third kappa shape index (κ3) is 4.69. The van der Waals surface area contributed by atoms with Crippen LogP contribution in [0.1, 0.15) is 63.5 Å². The largest absolute Gasteiger partial charge is 0.494 e. The van der Waals surface area contributed by atoms with Crippen LogP contribution in [-0.4, -0.2) is 40.5 Å². The molecule has 2 amide bonds. The van der Waals surface area contributed by atoms with E-state index < -0.39 is 17.4 Å². The molecule has 1 saturated heterocycles. The van der Waals surface area contributed by atoms with Gasteiger partial charge in [-0.15, -0.1) is 0 Å². The molecule has 9 heteroatoms. The monoisotopic (exact) mass is 465 g/mol. The Balaban J connectivity index is 1.59. The number of H-pyrrole nitrogens is 1. The minimum atomic E-state index is -0.941. The number of piperidine rings is 1. The minimum Gasteiger partial charge on any atom is -0.494 e. The molecule has 34 heavy (non-hydrogen) atoms. The zero-order valence-electron chi connectivity index (χ0n) is 19.8. The summed E-state index contributed by atoms with van der Waals surface area (Å²) in [7, 11) is 0. The number of rotatable bonds is 6. The van der Waals surface area contributed by atoms with Gasteiger partial charge in [0.25, 0.3) is 5.56 Å². The SMILES string of the molecule is C=C(OCC)c1ccc(NC(=O)C2CC(=O)Nc3nc(N4C(C)CCCC4C)[nH]c(=O)c32)cc1. The lowest BCUT2D eigenvalue weighted by molar-refractivity contribution is -0.123. The molecular weight excluding hydrogens is 434 g/mol. The summed E-state index contributed by atoms with van der Waals surface area (Å²) in [5.41, 5.74) is 1.12. The summed E-state index contributed by atoms with van der Waals surface area (Å²) >= 11 is 0. The normalized spacial score (nSPS) is 21.9. The molecule has 1 fully saturated rings. The van der Waals surface area contributed by atoms with Crippen molar-refractivity contribution in [1.29, 1.82) is 0 Å². The Labute approximate surface area is 198 Å². The van der Waals surface area contributed by atoms with Crippen molar-refractivity contribution in [3.05, 3.63) is 52.3 Å². The Morgan fingerprint density at radius 1 is 1.21 bits per heavy atom. The van der Waals surface area contributed by atoms with E-state index in [-0.39, 0.29) is 35.8 Å². The fourth-order valence-corrected chi connectivity index (χ4v) is 4.77. The fourth-order valence-electron chi connectivity index (χ4n) is 4.77. The topological polar surface area (TPSA) is 116 Å². The maximum atomic E-state index is 13.1. The highest BCUT2D eigenvalue weighted by Gasteiger charge is 2.36. The zero-order chi connectivity index (χ0) is 24.4. The molecule has 2 aliphatic heterocycles. The Morgan fingerprint density at radius 2 is 1.88 bits per heavy atom. The van der Waals surface area contributed by atoms with Gasteiger partial charge in [0.05, 0.1) is 18.1 Å². The maximum Gasteiger partial charge on any atom is 0.258 e. The summed E-state index contributed by atoms with van der Waals surface area (Å²) in [6.07, 6.45) is 2.99. The van der Waals surface area contributed by atoms with E-state index in [1.807, 2.05) is 6.92 Å². The molecule has 0 radical (unpaired) electrons. The van der Waals surface area contributed by atoms with Gasteiger partial charge >= 0.3 is 0 Å². The Hall–Kier alpha value is -3.62. The number of hydrogen-bond acceptors (Lipinski definition) is 6. The van der Waals surface area contributed by atoms with E-state index in [0.29, 0.717) is 24.0 Å². The standard InChI is InChI=1S/C25H31N5O4/c1-5-34-16(4)17-9-11-18(12-10-17)26-23(32)19-13-20(31)27-22-21(19)24(33)29-25(28-22)30-14(2)7-6-8-15(30)3/h9-12,14-15,19H,4-8,13H2,1-3H3,(H,26,32)(H2,27,28,29,31,33). The molecule has 4 rings (SSSR count). The second-order valence-electron chi connectivity index (χ2n) is 8.92. The molecule has 3 heterocycles. The number of amides is 2. The molecule has 0 bridgehead atoms. The van der Waals surface area contributed by atoms with Gasteiger partial charge < -0.3 is 20.3 Å². The summed E-state index contributed by atoms with van der Waals surface area (Å²) in [4.78, 5) is 48.2. The third-order valence-corrected chi connectivity index (χ3v) is 6.49. The quantitative estimate of drug-likeness (QED) is 0.561. The predicted octanol–water partition coefficient (Wildman–Crippen LogP) is 3.61. The van der Waals surface area contributed by atoms with Gasteiger partial charge in [0, 0.05) is 29.8 Å². The van der Waals surface area contributed by atoms with Gasteiger partial charge in [0.2, 0.25) is 17.8 Å². The van der Waals surface area contributed by atoms with Gasteiger partial charge in [-0.25, -0.2) is 0 Å². The molecule has 180 valence electrons. The van der Waals surface area contributed by atoms with Gasteiger partial charge in [-0.1, -0.05) is 6.58 Å². The first-order chi connectivity index (χ1) is 16.3. The van der Waals surface area contributed by atoms with Gasteiger partial charge in [-0.3, -0.25) is 19.4 Å². The predicted molar refractivity (Wildman–Crippen MR) is 132 cm³/mol. The van der Waals surface area contributed by atoms with E-state index in [0.717, 1.165) is 24.8 Å². The molecule has 1 aromatic heterocycles. The Bertz CT molecular complexity index is 1150. The molecule has 3 N–H and O–H groups in total. The van der Waals surface area contributed by atoms with E-state index in [9.17, 15) is 14.4 Å². The fraction of sp³-hybridized carbons (Fsp3) is 0.440. The number of hydrogen-bond donors (Lipinski definition) is 3. The van der Waals surface area contributed by atoms with Crippen LogP contribution in [0.2, 0.25) is 0 Å². The first-order valence-electron chi connectivity index (χ1n) is 11.7. The second-order valence-corrected chi connectivity index (χ2v) is 8.92. The molecule has 0 aliphatic carbocycles. The number of aromatic amines is 1. The van der Waals surface area contributed by atoms with Crippen molar-refractivity contribution in [3.8, 4) is 0 Å². The van der Waals surface area contributed by atoms with E-state index in [2.05, 4.69) is 45.9 Å². The van der Waals surface area contributed by atoms with Crippen molar-refractivity contribution in [1.82, 2.24) is 9.97 Å². The van der Waals surface area contributed by atoms with Crippen molar-refractivity contribution in [3.63, 3.8) is 0 Å². The van der Waals surface area contributed by atoms with E-state index in [4.69, 9.17) is 4.74 Å². The summed E-state index contributed by atoms with van der Waals surface area (Å²) in [5, 5.41) is 5.50. The lowest BCUT2D eigenvalue weighted by Crippen LogP contribution is -2.46.